The van der Waals surface area contributed by atoms with Gasteiger partial charge in [-0.2, -0.15) is 0 Å². The molecule has 2 aromatic rings. The van der Waals surface area contributed by atoms with Gasteiger partial charge in [0, 0.05) is 24.1 Å². The zero-order valence-electron chi connectivity index (χ0n) is 14.0. The van der Waals surface area contributed by atoms with E-state index in [0.717, 1.165) is 25.0 Å². The third-order valence-corrected chi connectivity index (χ3v) is 5.01. The maximum absolute atomic E-state index is 12.7. The number of hydrogen-bond donors (Lipinski definition) is 0. The van der Waals surface area contributed by atoms with E-state index in [1.54, 1.807) is 17.4 Å². The predicted octanol–water partition coefficient (Wildman–Crippen LogP) is 4.28. The summed E-state index contributed by atoms with van der Waals surface area (Å²) in [6.07, 6.45) is 5.87. The van der Waals surface area contributed by atoms with Crippen LogP contribution in [-0.4, -0.2) is 30.1 Å². The van der Waals surface area contributed by atoms with Crippen LogP contribution in [0, 0.1) is 6.92 Å². The van der Waals surface area contributed by atoms with Crippen LogP contribution in [0.4, 0.5) is 0 Å². The lowest BCUT2D eigenvalue weighted by atomic mass is 10.1. The fourth-order valence-corrected chi connectivity index (χ4v) is 3.62. The van der Waals surface area contributed by atoms with Crippen molar-refractivity contribution in [3.8, 4) is 0 Å². The van der Waals surface area contributed by atoms with Crippen LogP contribution in [0.3, 0.4) is 0 Å². The summed E-state index contributed by atoms with van der Waals surface area (Å²) in [7, 11) is 0. The zero-order valence-corrected chi connectivity index (χ0v) is 14.8. The highest BCUT2D eigenvalue weighted by molar-refractivity contribution is 7.09. The van der Waals surface area contributed by atoms with E-state index in [4.69, 9.17) is 4.74 Å². The van der Waals surface area contributed by atoms with Gasteiger partial charge in [-0.15, -0.1) is 11.3 Å². The molecule has 0 aliphatic carbocycles. The molecule has 1 aliphatic heterocycles. The molecule has 4 heteroatoms. The summed E-state index contributed by atoms with van der Waals surface area (Å²) >= 11 is 1.68. The van der Waals surface area contributed by atoms with Crippen molar-refractivity contribution in [2.45, 2.75) is 32.4 Å². The van der Waals surface area contributed by atoms with E-state index in [9.17, 15) is 4.79 Å². The standard InChI is InChI=1S/C20H23NO2S/c1-16-5-2-6-17(13-16)9-10-20(22)21(14-18-7-3-11-23-18)15-19-8-4-12-24-19/h2,4-6,8-10,12-13,18H,3,7,11,14-15H2,1H3/b10-9+. The Kier molecular flexibility index (Phi) is 5.83. The number of aryl methyl sites for hydroxylation is 1. The fourth-order valence-electron chi connectivity index (χ4n) is 2.90. The minimum atomic E-state index is 0.0420. The Labute approximate surface area is 147 Å². The third-order valence-electron chi connectivity index (χ3n) is 4.15. The fraction of sp³-hybridized carbons (Fsp3) is 0.350. The summed E-state index contributed by atoms with van der Waals surface area (Å²) in [5.74, 6) is 0.0420. The first-order valence-electron chi connectivity index (χ1n) is 8.38. The molecule has 1 fully saturated rings. The number of hydrogen-bond acceptors (Lipinski definition) is 3. The van der Waals surface area contributed by atoms with E-state index in [-0.39, 0.29) is 12.0 Å². The van der Waals surface area contributed by atoms with Crippen molar-refractivity contribution < 1.29 is 9.53 Å². The number of nitrogens with zero attached hydrogens (tertiary/aromatic N) is 1. The molecule has 0 radical (unpaired) electrons. The van der Waals surface area contributed by atoms with Crippen molar-refractivity contribution in [1.29, 1.82) is 0 Å². The molecule has 0 saturated carbocycles. The zero-order chi connectivity index (χ0) is 16.8. The molecule has 1 saturated heterocycles. The van der Waals surface area contributed by atoms with Gasteiger partial charge in [0.05, 0.1) is 12.6 Å². The number of thiophene rings is 1. The van der Waals surface area contributed by atoms with Crippen LogP contribution in [0.15, 0.2) is 47.9 Å². The van der Waals surface area contributed by atoms with Crippen molar-refractivity contribution in [2.24, 2.45) is 0 Å². The number of carbonyl (C=O) groups excluding carboxylic acids is 1. The molecule has 126 valence electrons. The van der Waals surface area contributed by atoms with Crippen LogP contribution in [-0.2, 0) is 16.1 Å². The summed E-state index contributed by atoms with van der Waals surface area (Å²) in [5, 5.41) is 2.05. The smallest absolute Gasteiger partial charge is 0.246 e. The van der Waals surface area contributed by atoms with Gasteiger partial charge in [0.1, 0.15) is 0 Å². The quantitative estimate of drug-likeness (QED) is 0.734. The predicted molar refractivity (Wildman–Crippen MR) is 98.9 cm³/mol. The molecule has 2 heterocycles. The second-order valence-electron chi connectivity index (χ2n) is 6.18. The van der Waals surface area contributed by atoms with E-state index in [2.05, 4.69) is 25.1 Å². The topological polar surface area (TPSA) is 29.5 Å². The van der Waals surface area contributed by atoms with E-state index < -0.39 is 0 Å². The van der Waals surface area contributed by atoms with Gasteiger partial charge < -0.3 is 9.64 Å². The molecule has 1 amide bonds. The summed E-state index contributed by atoms with van der Waals surface area (Å²) in [4.78, 5) is 15.8. The van der Waals surface area contributed by atoms with Crippen molar-refractivity contribution in [2.75, 3.05) is 13.2 Å². The third kappa shape index (κ3) is 4.79. The molecular formula is C20H23NO2S. The SMILES string of the molecule is Cc1cccc(/C=C/C(=O)N(Cc2cccs2)CC2CCCO2)c1. The molecule has 1 atom stereocenters. The van der Waals surface area contributed by atoms with E-state index in [1.807, 2.05) is 34.6 Å². The van der Waals surface area contributed by atoms with Crippen LogP contribution in [0.2, 0.25) is 0 Å². The van der Waals surface area contributed by atoms with Gasteiger partial charge in [0.15, 0.2) is 0 Å². The molecule has 3 nitrogen and oxygen atoms in total. The lowest BCUT2D eigenvalue weighted by molar-refractivity contribution is -0.128. The first-order chi connectivity index (χ1) is 11.7. The van der Waals surface area contributed by atoms with Crippen LogP contribution < -0.4 is 0 Å². The first kappa shape index (κ1) is 16.9. The lowest BCUT2D eigenvalue weighted by Gasteiger charge is -2.23. The molecule has 1 aromatic heterocycles. The maximum atomic E-state index is 12.7. The molecule has 1 aromatic carbocycles. The Bertz CT molecular complexity index is 687. The van der Waals surface area contributed by atoms with Gasteiger partial charge in [-0.05, 0) is 42.9 Å². The first-order valence-corrected chi connectivity index (χ1v) is 9.26. The summed E-state index contributed by atoms with van der Waals surface area (Å²) in [6.45, 7) is 4.17. The molecule has 0 spiro atoms. The lowest BCUT2D eigenvalue weighted by Crippen LogP contribution is -2.35. The normalized spacial score (nSPS) is 17.5. The Morgan fingerprint density at radius 2 is 2.29 bits per heavy atom. The average Bonchev–Trinajstić information content (AvgIpc) is 3.26. The van der Waals surface area contributed by atoms with Gasteiger partial charge in [0.2, 0.25) is 5.91 Å². The Hall–Kier alpha value is -1.91. The van der Waals surface area contributed by atoms with Crippen molar-refractivity contribution in [3.05, 3.63) is 63.9 Å². The number of carbonyl (C=O) groups is 1. The van der Waals surface area contributed by atoms with Crippen LogP contribution in [0.1, 0.15) is 28.8 Å². The molecule has 1 aliphatic rings. The largest absolute Gasteiger partial charge is 0.376 e. The van der Waals surface area contributed by atoms with Crippen LogP contribution in [0.5, 0.6) is 0 Å². The molecule has 24 heavy (non-hydrogen) atoms. The van der Waals surface area contributed by atoms with Crippen LogP contribution in [0.25, 0.3) is 6.08 Å². The number of rotatable bonds is 6. The Morgan fingerprint density at radius 1 is 1.38 bits per heavy atom. The highest BCUT2D eigenvalue weighted by Gasteiger charge is 2.21. The van der Waals surface area contributed by atoms with E-state index >= 15 is 0 Å². The summed E-state index contributed by atoms with van der Waals surface area (Å²) in [6, 6.07) is 12.3. The van der Waals surface area contributed by atoms with Gasteiger partial charge in [0.25, 0.3) is 0 Å². The van der Waals surface area contributed by atoms with Gasteiger partial charge in [-0.25, -0.2) is 0 Å². The van der Waals surface area contributed by atoms with Crippen molar-refractivity contribution in [1.82, 2.24) is 4.90 Å². The number of benzene rings is 1. The number of ether oxygens (including phenoxy) is 1. The van der Waals surface area contributed by atoms with E-state index in [0.29, 0.717) is 13.1 Å². The highest BCUT2D eigenvalue weighted by Crippen LogP contribution is 2.18. The molecule has 0 N–H and O–H groups in total. The van der Waals surface area contributed by atoms with Gasteiger partial charge in [-0.1, -0.05) is 35.9 Å². The number of amides is 1. The second-order valence-corrected chi connectivity index (χ2v) is 7.21. The second kappa shape index (κ2) is 8.27. The van der Waals surface area contributed by atoms with E-state index in [1.165, 1.54) is 10.4 Å². The minimum Gasteiger partial charge on any atom is -0.376 e. The van der Waals surface area contributed by atoms with Gasteiger partial charge >= 0.3 is 0 Å². The maximum Gasteiger partial charge on any atom is 0.246 e. The Balaban J connectivity index is 1.69. The molecule has 0 bridgehead atoms. The summed E-state index contributed by atoms with van der Waals surface area (Å²) in [5.41, 5.74) is 2.25. The molecular weight excluding hydrogens is 318 g/mol. The summed E-state index contributed by atoms with van der Waals surface area (Å²) < 4.78 is 5.72. The molecule has 3 rings (SSSR count). The average molecular weight is 341 g/mol. The minimum absolute atomic E-state index is 0.0420. The Morgan fingerprint density at radius 3 is 3.00 bits per heavy atom. The van der Waals surface area contributed by atoms with Crippen LogP contribution >= 0.6 is 11.3 Å². The molecule has 1 unspecified atom stereocenters. The highest BCUT2D eigenvalue weighted by atomic mass is 32.1. The van der Waals surface area contributed by atoms with Crippen molar-refractivity contribution in [3.63, 3.8) is 0 Å². The van der Waals surface area contributed by atoms with Gasteiger partial charge in [-0.3, -0.25) is 4.79 Å². The monoisotopic (exact) mass is 341 g/mol. The van der Waals surface area contributed by atoms with Crippen molar-refractivity contribution >= 4 is 23.3 Å².